The van der Waals surface area contributed by atoms with Crippen LogP contribution in [0.25, 0.3) is 0 Å². The molecule has 0 saturated heterocycles. The average Bonchev–Trinajstić information content (AvgIpc) is 2.82. The number of thiazole rings is 1. The highest BCUT2D eigenvalue weighted by Gasteiger charge is 2.06. The first-order valence-corrected chi connectivity index (χ1v) is 6.85. The maximum atomic E-state index is 5.15. The third-order valence-corrected chi connectivity index (χ3v) is 3.81. The predicted octanol–water partition coefficient (Wildman–Crippen LogP) is 3.31. The minimum atomic E-state index is 0.306. The number of ether oxygens (including phenoxy) is 1. The Morgan fingerprint density at radius 2 is 2.06 bits per heavy atom. The molecule has 0 saturated carbocycles. The largest absolute Gasteiger partial charge is 0.497 e. The van der Waals surface area contributed by atoms with E-state index in [9.17, 15) is 0 Å². The summed E-state index contributed by atoms with van der Waals surface area (Å²) in [5.74, 6) is 0.890. The summed E-state index contributed by atoms with van der Waals surface area (Å²) in [5.41, 5.74) is 2.35. The lowest BCUT2D eigenvalue weighted by molar-refractivity contribution is 0.414. The van der Waals surface area contributed by atoms with Crippen LogP contribution in [0.5, 0.6) is 5.75 Å². The van der Waals surface area contributed by atoms with Gasteiger partial charge in [0.05, 0.1) is 7.11 Å². The summed E-state index contributed by atoms with van der Waals surface area (Å²) in [5, 5.41) is 6.68. The van der Waals surface area contributed by atoms with Crippen LogP contribution in [0.3, 0.4) is 0 Å². The Morgan fingerprint density at radius 3 is 2.61 bits per heavy atom. The molecule has 1 aromatic carbocycles. The van der Waals surface area contributed by atoms with Crippen molar-refractivity contribution in [3.8, 4) is 5.75 Å². The van der Waals surface area contributed by atoms with Crippen LogP contribution >= 0.6 is 11.3 Å². The smallest absolute Gasteiger partial charge is 0.118 e. The molecular formula is C14H18N2OS. The van der Waals surface area contributed by atoms with E-state index in [2.05, 4.69) is 34.7 Å². The normalized spacial score (nSPS) is 12.4. The molecule has 1 aromatic heterocycles. The molecule has 2 aromatic rings. The number of hydrogen-bond acceptors (Lipinski definition) is 4. The molecule has 4 heteroatoms. The number of aryl methyl sites for hydroxylation is 1. The van der Waals surface area contributed by atoms with Gasteiger partial charge < -0.3 is 10.1 Å². The second-order valence-electron chi connectivity index (χ2n) is 4.26. The van der Waals surface area contributed by atoms with Crippen molar-refractivity contribution in [3.63, 3.8) is 0 Å². The SMILES string of the molecule is COc1ccc(C(C)NCc2nc(C)cs2)cc1. The predicted molar refractivity (Wildman–Crippen MR) is 75.1 cm³/mol. The first kappa shape index (κ1) is 13.1. The highest BCUT2D eigenvalue weighted by Crippen LogP contribution is 2.18. The Bertz CT molecular complexity index is 493. The van der Waals surface area contributed by atoms with Crippen molar-refractivity contribution in [1.29, 1.82) is 0 Å². The first-order valence-electron chi connectivity index (χ1n) is 5.97. The maximum Gasteiger partial charge on any atom is 0.118 e. The summed E-state index contributed by atoms with van der Waals surface area (Å²) >= 11 is 1.70. The van der Waals surface area contributed by atoms with E-state index in [4.69, 9.17) is 4.74 Å². The zero-order valence-electron chi connectivity index (χ0n) is 10.9. The molecule has 0 aliphatic rings. The molecule has 18 heavy (non-hydrogen) atoms. The van der Waals surface area contributed by atoms with E-state index in [0.29, 0.717) is 6.04 Å². The van der Waals surface area contributed by atoms with Gasteiger partial charge in [-0.15, -0.1) is 11.3 Å². The molecule has 0 bridgehead atoms. The van der Waals surface area contributed by atoms with Gasteiger partial charge in [0.15, 0.2) is 0 Å². The number of rotatable bonds is 5. The van der Waals surface area contributed by atoms with Crippen molar-refractivity contribution in [2.45, 2.75) is 26.4 Å². The van der Waals surface area contributed by atoms with Crippen molar-refractivity contribution >= 4 is 11.3 Å². The minimum Gasteiger partial charge on any atom is -0.497 e. The molecule has 2 rings (SSSR count). The van der Waals surface area contributed by atoms with Crippen LogP contribution in [0.2, 0.25) is 0 Å². The summed E-state index contributed by atoms with van der Waals surface area (Å²) in [6.07, 6.45) is 0. The summed E-state index contributed by atoms with van der Waals surface area (Å²) in [6.45, 7) is 4.99. The van der Waals surface area contributed by atoms with Gasteiger partial charge in [-0.1, -0.05) is 12.1 Å². The third kappa shape index (κ3) is 3.31. The summed E-state index contributed by atoms with van der Waals surface area (Å²) < 4.78 is 5.15. The molecule has 0 fully saturated rings. The Labute approximate surface area is 112 Å². The maximum absolute atomic E-state index is 5.15. The fourth-order valence-corrected chi connectivity index (χ4v) is 2.46. The summed E-state index contributed by atoms with van der Waals surface area (Å²) in [7, 11) is 1.68. The van der Waals surface area contributed by atoms with Gasteiger partial charge in [0.2, 0.25) is 0 Å². The number of nitrogens with zero attached hydrogens (tertiary/aromatic N) is 1. The van der Waals surface area contributed by atoms with Gasteiger partial charge in [0.25, 0.3) is 0 Å². The van der Waals surface area contributed by atoms with Gasteiger partial charge in [-0.2, -0.15) is 0 Å². The van der Waals surface area contributed by atoms with Gasteiger partial charge in [-0.25, -0.2) is 4.98 Å². The monoisotopic (exact) mass is 262 g/mol. The highest BCUT2D eigenvalue weighted by atomic mass is 32.1. The molecule has 0 spiro atoms. The van der Waals surface area contributed by atoms with E-state index < -0.39 is 0 Å². The van der Waals surface area contributed by atoms with Gasteiger partial charge in [-0.3, -0.25) is 0 Å². The van der Waals surface area contributed by atoms with Crippen LogP contribution in [0.4, 0.5) is 0 Å². The lowest BCUT2D eigenvalue weighted by Crippen LogP contribution is -2.17. The van der Waals surface area contributed by atoms with Gasteiger partial charge in [0, 0.05) is 23.7 Å². The molecule has 1 unspecified atom stereocenters. The molecule has 1 N–H and O–H groups in total. The Hall–Kier alpha value is -1.39. The second-order valence-corrected chi connectivity index (χ2v) is 5.20. The average molecular weight is 262 g/mol. The van der Waals surface area contributed by atoms with E-state index >= 15 is 0 Å². The fourth-order valence-electron chi connectivity index (χ4n) is 1.73. The standard InChI is InChI=1S/C14H18N2OS/c1-10-9-18-14(16-10)8-15-11(2)12-4-6-13(17-3)7-5-12/h4-7,9,11,15H,8H2,1-3H3. The number of nitrogens with one attached hydrogen (secondary N) is 1. The molecule has 0 aliphatic carbocycles. The van der Waals surface area contributed by atoms with Gasteiger partial charge >= 0.3 is 0 Å². The molecule has 0 amide bonds. The minimum absolute atomic E-state index is 0.306. The Morgan fingerprint density at radius 1 is 1.33 bits per heavy atom. The molecular weight excluding hydrogens is 244 g/mol. The molecule has 1 atom stereocenters. The Kier molecular flexibility index (Phi) is 4.33. The summed E-state index contributed by atoms with van der Waals surface area (Å²) in [4.78, 5) is 4.44. The third-order valence-electron chi connectivity index (χ3n) is 2.84. The zero-order valence-corrected chi connectivity index (χ0v) is 11.8. The molecule has 0 aliphatic heterocycles. The van der Waals surface area contributed by atoms with Crippen molar-refractivity contribution in [2.75, 3.05) is 7.11 Å². The van der Waals surface area contributed by atoms with Gasteiger partial charge in [0.1, 0.15) is 10.8 Å². The molecule has 0 radical (unpaired) electrons. The zero-order chi connectivity index (χ0) is 13.0. The van der Waals surface area contributed by atoms with E-state index in [0.717, 1.165) is 23.0 Å². The van der Waals surface area contributed by atoms with Crippen molar-refractivity contribution in [3.05, 3.63) is 45.9 Å². The number of benzene rings is 1. The second kappa shape index (κ2) is 5.98. The van der Waals surface area contributed by atoms with Crippen LogP contribution in [-0.4, -0.2) is 12.1 Å². The van der Waals surface area contributed by atoms with Crippen LogP contribution < -0.4 is 10.1 Å². The summed E-state index contributed by atoms with van der Waals surface area (Å²) in [6, 6.07) is 8.45. The first-order chi connectivity index (χ1) is 8.69. The quantitative estimate of drug-likeness (QED) is 0.897. The number of hydrogen-bond donors (Lipinski definition) is 1. The molecule has 1 heterocycles. The van der Waals surface area contributed by atoms with Crippen LogP contribution in [0.15, 0.2) is 29.6 Å². The van der Waals surface area contributed by atoms with E-state index in [1.54, 1.807) is 18.4 Å². The Balaban J connectivity index is 1.92. The number of aromatic nitrogens is 1. The molecule has 3 nitrogen and oxygen atoms in total. The topological polar surface area (TPSA) is 34.1 Å². The van der Waals surface area contributed by atoms with Gasteiger partial charge in [-0.05, 0) is 31.5 Å². The van der Waals surface area contributed by atoms with Crippen LogP contribution in [0.1, 0.15) is 29.2 Å². The lowest BCUT2D eigenvalue weighted by atomic mass is 10.1. The van der Waals surface area contributed by atoms with E-state index in [1.807, 2.05) is 19.1 Å². The van der Waals surface area contributed by atoms with Crippen molar-refractivity contribution in [2.24, 2.45) is 0 Å². The van der Waals surface area contributed by atoms with E-state index in [-0.39, 0.29) is 0 Å². The highest BCUT2D eigenvalue weighted by molar-refractivity contribution is 7.09. The van der Waals surface area contributed by atoms with Crippen LogP contribution in [0, 0.1) is 6.92 Å². The van der Waals surface area contributed by atoms with Crippen molar-refractivity contribution < 1.29 is 4.74 Å². The fraction of sp³-hybridized carbons (Fsp3) is 0.357. The molecule has 96 valence electrons. The van der Waals surface area contributed by atoms with E-state index in [1.165, 1.54) is 5.56 Å². The van der Waals surface area contributed by atoms with Crippen LogP contribution in [-0.2, 0) is 6.54 Å². The number of methoxy groups -OCH3 is 1. The lowest BCUT2D eigenvalue weighted by Gasteiger charge is -2.13. The van der Waals surface area contributed by atoms with Crippen molar-refractivity contribution in [1.82, 2.24) is 10.3 Å².